The van der Waals surface area contributed by atoms with Gasteiger partial charge in [0.2, 0.25) is 0 Å². The minimum absolute atomic E-state index is 0.266. The Morgan fingerprint density at radius 3 is 2.30 bits per heavy atom. The minimum atomic E-state index is -1.34. The zero-order valence-corrected chi connectivity index (χ0v) is 11.3. The maximum absolute atomic E-state index is 12.0. The highest BCUT2D eigenvalue weighted by atomic mass is 35.5. The molecule has 0 unspecified atom stereocenters. The van der Waals surface area contributed by atoms with Crippen LogP contribution in [-0.4, -0.2) is 27.0 Å². The summed E-state index contributed by atoms with van der Waals surface area (Å²) >= 11 is 11.6. The molecule has 1 amide bonds. The van der Waals surface area contributed by atoms with Crippen molar-refractivity contribution in [2.75, 3.05) is 5.32 Å². The van der Waals surface area contributed by atoms with E-state index in [1.165, 1.54) is 30.6 Å². The Morgan fingerprint density at radius 2 is 1.70 bits per heavy atom. The van der Waals surface area contributed by atoms with Crippen molar-refractivity contribution >= 4 is 40.8 Å². The molecule has 0 saturated carbocycles. The van der Waals surface area contributed by atoms with E-state index >= 15 is 0 Å². The zero-order chi connectivity index (χ0) is 14.7. The van der Waals surface area contributed by atoms with Gasteiger partial charge < -0.3 is 10.4 Å². The molecule has 2 rings (SSSR count). The highest BCUT2D eigenvalue weighted by Crippen LogP contribution is 2.25. The third-order valence-corrected chi connectivity index (χ3v) is 3.03. The van der Waals surface area contributed by atoms with E-state index in [1.54, 1.807) is 0 Å². The van der Waals surface area contributed by atoms with E-state index in [1.807, 2.05) is 0 Å². The number of benzene rings is 1. The van der Waals surface area contributed by atoms with E-state index in [2.05, 4.69) is 15.3 Å². The molecule has 0 atom stereocenters. The fourth-order valence-corrected chi connectivity index (χ4v) is 1.72. The number of halogens is 2. The molecule has 102 valence electrons. The Hall–Kier alpha value is -2.18. The molecule has 0 aliphatic carbocycles. The second kappa shape index (κ2) is 5.85. The number of nitrogens with one attached hydrogen (secondary N) is 1. The lowest BCUT2D eigenvalue weighted by molar-refractivity contribution is 0.0685. The molecule has 0 spiro atoms. The van der Waals surface area contributed by atoms with Crippen molar-refractivity contribution in [1.29, 1.82) is 0 Å². The first-order chi connectivity index (χ1) is 9.49. The molecule has 1 heterocycles. The largest absolute Gasteiger partial charge is 0.476 e. The van der Waals surface area contributed by atoms with Crippen molar-refractivity contribution in [2.24, 2.45) is 0 Å². The Bertz CT molecular complexity index is 691. The second-order valence-corrected chi connectivity index (χ2v) is 4.46. The number of rotatable bonds is 3. The maximum Gasteiger partial charge on any atom is 0.356 e. The summed E-state index contributed by atoms with van der Waals surface area (Å²) in [4.78, 5) is 30.3. The van der Waals surface area contributed by atoms with Crippen LogP contribution in [0.5, 0.6) is 0 Å². The number of aromatic nitrogens is 2. The lowest BCUT2D eigenvalue weighted by atomic mass is 10.2. The van der Waals surface area contributed by atoms with Gasteiger partial charge in [0.25, 0.3) is 5.91 Å². The second-order valence-electron chi connectivity index (χ2n) is 3.64. The van der Waals surface area contributed by atoms with Gasteiger partial charge in [-0.15, -0.1) is 0 Å². The minimum Gasteiger partial charge on any atom is -0.476 e. The van der Waals surface area contributed by atoms with Crippen LogP contribution < -0.4 is 5.32 Å². The summed E-state index contributed by atoms with van der Waals surface area (Å²) in [5.41, 5.74) is -0.345. The van der Waals surface area contributed by atoms with Crippen molar-refractivity contribution in [2.45, 2.75) is 0 Å². The molecule has 2 N–H and O–H groups in total. The topological polar surface area (TPSA) is 92.2 Å². The average Bonchev–Trinajstić information content (AvgIpc) is 2.43. The highest BCUT2D eigenvalue weighted by Gasteiger charge is 2.19. The Labute approximate surface area is 123 Å². The summed E-state index contributed by atoms with van der Waals surface area (Å²) in [5.74, 6) is -2.04. The number of carbonyl (C=O) groups is 2. The lowest BCUT2D eigenvalue weighted by Gasteiger charge is -2.07. The van der Waals surface area contributed by atoms with Crippen molar-refractivity contribution in [1.82, 2.24) is 9.97 Å². The molecule has 8 heteroatoms. The molecule has 1 aromatic heterocycles. The number of aromatic carboxylic acids is 1. The van der Waals surface area contributed by atoms with Crippen LogP contribution in [0.25, 0.3) is 0 Å². The van der Waals surface area contributed by atoms with Gasteiger partial charge in [-0.1, -0.05) is 23.2 Å². The van der Waals surface area contributed by atoms with E-state index in [0.29, 0.717) is 10.7 Å². The normalized spacial score (nSPS) is 10.1. The third-order valence-electron chi connectivity index (χ3n) is 2.29. The SMILES string of the molecule is O=C(O)c1nccnc1C(=O)Nc1ccc(Cl)c(Cl)c1. The summed E-state index contributed by atoms with van der Waals surface area (Å²) in [5, 5.41) is 12.0. The number of amides is 1. The molecule has 0 aliphatic heterocycles. The first kappa shape index (κ1) is 14.2. The van der Waals surface area contributed by atoms with Crippen molar-refractivity contribution in [3.8, 4) is 0 Å². The number of hydrogen-bond acceptors (Lipinski definition) is 4. The van der Waals surface area contributed by atoms with E-state index in [9.17, 15) is 9.59 Å². The monoisotopic (exact) mass is 311 g/mol. The predicted molar refractivity (Wildman–Crippen MR) is 73.4 cm³/mol. The number of carboxylic acids is 1. The van der Waals surface area contributed by atoms with Crippen molar-refractivity contribution in [3.63, 3.8) is 0 Å². The number of carboxylic acid groups (broad SMARTS) is 1. The molecule has 0 radical (unpaired) electrons. The van der Waals surface area contributed by atoms with E-state index in [4.69, 9.17) is 28.3 Å². The molecule has 20 heavy (non-hydrogen) atoms. The van der Waals surface area contributed by atoms with Crippen molar-refractivity contribution < 1.29 is 14.7 Å². The number of hydrogen-bond donors (Lipinski definition) is 2. The van der Waals surface area contributed by atoms with Crippen LogP contribution in [0.2, 0.25) is 10.0 Å². The van der Waals surface area contributed by atoms with Crippen LogP contribution in [0.1, 0.15) is 21.0 Å². The van der Waals surface area contributed by atoms with Crippen LogP contribution in [0, 0.1) is 0 Å². The fraction of sp³-hybridized carbons (Fsp3) is 0. The summed E-state index contributed by atoms with van der Waals surface area (Å²) in [6.07, 6.45) is 2.43. The smallest absolute Gasteiger partial charge is 0.356 e. The molecular formula is C12H7Cl2N3O3. The fourth-order valence-electron chi connectivity index (χ4n) is 1.42. The summed E-state index contributed by atoms with van der Waals surface area (Å²) in [6, 6.07) is 4.48. The number of nitrogens with zero attached hydrogens (tertiary/aromatic N) is 2. The first-order valence-corrected chi connectivity index (χ1v) is 6.05. The van der Waals surface area contributed by atoms with Gasteiger partial charge in [0, 0.05) is 18.1 Å². The van der Waals surface area contributed by atoms with Crippen LogP contribution >= 0.6 is 23.2 Å². The zero-order valence-electron chi connectivity index (χ0n) is 9.80. The average molecular weight is 312 g/mol. The number of anilines is 1. The Balaban J connectivity index is 2.28. The van der Waals surface area contributed by atoms with Crippen LogP contribution in [0.4, 0.5) is 5.69 Å². The number of carbonyl (C=O) groups excluding carboxylic acids is 1. The third kappa shape index (κ3) is 3.04. The first-order valence-electron chi connectivity index (χ1n) is 5.29. The molecule has 6 nitrogen and oxygen atoms in total. The van der Waals surface area contributed by atoms with Crippen LogP contribution in [0.3, 0.4) is 0 Å². The molecule has 0 saturated heterocycles. The quantitative estimate of drug-likeness (QED) is 0.909. The van der Waals surface area contributed by atoms with E-state index in [0.717, 1.165) is 0 Å². The van der Waals surface area contributed by atoms with Crippen LogP contribution in [-0.2, 0) is 0 Å². The summed E-state index contributed by atoms with van der Waals surface area (Å²) in [7, 11) is 0. The predicted octanol–water partition coefficient (Wildman–Crippen LogP) is 2.73. The molecule has 2 aromatic rings. The Kier molecular flexibility index (Phi) is 4.16. The molecular weight excluding hydrogens is 305 g/mol. The van der Waals surface area contributed by atoms with Gasteiger partial charge >= 0.3 is 5.97 Å². The van der Waals surface area contributed by atoms with Gasteiger partial charge in [-0.25, -0.2) is 14.8 Å². The molecule has 0 aliphatic rings. The van der Waals surface area contributed by atoms with Crippen molar-refractivity contribution in [3.05, 3.63) is 52.0 Å². The molecule has 0 bridgehead atoms. The summed E-state index contributed by atoms with van der Waals surface area (Å²) in [6.45, 7) is 0. The van der Waals surface area contributed by atoms with Gasteiger partial charge in [-0.3, -0.25) is 4.79 Å². The molecule has 0 fully saturated rings. The van der Waals surface area contributed by atoms with E-state index in [-0.39, 0.29) is 10.7 Å². The van der Waals surface area contributed by atoms with Gasteiger partial charge in [0.05, 0.1) is 10.0 Å². The van der Waals surface area contributed by atoms with Gasteiger partial charge in [-0.05, 0) is 18.2 Å². The highest BCUT2D eigenvalue weighted by molar-refractivity contribution is 6.42. The summed E-state index contributed by atoms with van der Waals surface area (Å²) < 4.78 is 0. The van der Waals surface area contributed by atoms with Gasteiger partial charge in [0.15, 0.2) is 11.4 Å². The molecule has 1 aromatic carbocycles. The van der Waals surface area contributed by atoms with Gasteiger partial charge in [0.1, 0.15) is 0 Å². The maximum atomic E-state index is 12.0. The lowest BCUT2D eigenvalue weighted by Crippen LogP contribution is -2.19. The Morgan fingerprint density at radius 1 is 1.05 bits per heavy atom. The van der Waals surface area contributed by atoms with E-state index < -0.39 is 17.6 Å². The van der Waals surface area contributed by atoms with Crippen LogP contribution in [0.15, 0.2) is 30.6 Å². The standard InChI is InChI=1S/C12H7Cl2N3O3/c13-7-2-1-6(5-8(7)14)17-11(18)9-10(12(19)20)16-4-3-15-9/h1-5H,(H,17,18)(H,19,20). The van der Waals surface area contributed by atoms with Gasteiger partial charge in [-0.2, -0.15) is 0 Å².